The van der Waals surface area contributed by atoms with Crippen molar-refractivity contribution in [2.45, 2.75) is 6.92 Å². The fraction of sp³-hybridized carbons (Fsp3) is 0.0667. The predicted molar refractivity (Wildman–Crippen MR) is 75.7 cm³/mol. The zero-order valence-electron chi connectivity index (χ0n) is 10.5. The van der Waals surface area contributed by atoms with Crippen LogP contribution >= 0.6 is 0 Å². The summed E-state index contributed by atoms with van der Waals surface area (Å²) in [6.45, 7) is 2.03. The zero-order chi connectivity index (χ0) is 13.2. The molecule has 0 aliphatic carbocycles. The number of rotatable bonds is 2. The standard InChI is InChI=1S/C15H13N3O/c1-10-4-2-3-5-13(10)18-15-12-8-11(19)6-7-14(12)16-9-17-15/h2-9,19H,1H3,(H,16,17,18). The number of nitrogens with one attached hydrogen (secondary N) is 1. The first-order valence-corrected chi connectivity index (χ1v) is 6.00. The topological polar surface area (TPSA) is 58.0 Å². The third-order valence-corrected chi connectivity index (χ3v) is 3.02. The van der Waals surface area contributed by atoms with Crippen molar-refractivity contribution in [2.75, 3.05) is 5.32 Å². The highest BCUT2D eigenvalue weighted by Gasteiger charge is 2.06. The minimum atomic E-state index is 0.204. The third kappa shape index (κ3) is 2.20. The van der Waals surface area contributed by atoms with Gasteiger partial charge in [0.1, 0.15) is 17.9 Å². The molecular weight excluding hydrogens is 238 g/mol. The van der Waals surface area contributed by atoms with Gasteiger partial charge in [0.05, 0.1) is 5.52 Å². The van der Waals surface area contributed by atoms with Crippen molar-refractivity contribution in [1.82, 2.24) is 9.97 Å². The molecule has 1 heterocycles. The van der Waals surface area contributed by atoms with Crippen LogP contribution in [0.15, 0.2) is 48.8 Å². The first-order valence-electron chi connectivity index (χ1n) is 6.00. The maximum absolute atomic E-state index is 9.59. The summed E-state index contributed by atoms with van der Waals surface area (Å²) in [6.07, 6.45) is 1.51. The van der Waals surface area contributed by atoms with Crippen LogP contribution in [0, 0.1) is 6.92 Å². The molecule has 2 N–H and O–H groups in total. The number of para-hydroxylation sites is 1. The molecule has 3 rings (SSSR count). The van der Waals surface area contributed by atoms with Gasteiger partial charge in [-0.3, -0.25) is 0 Å². The molecule has 3 aromatic rings. The number of anilines is 2. The predicted octanol–water partition coefficient (Wildman–Crippen LogP) is 3.39. The molecule has 0 amide bonds. The van der Waals surface area contributed by atoms with Gasteiger partial charge in [0.15, 0.2) is 0 Å². The Hall–Kier alpha value is -2.62. The fourth-order valence-corrected chi connectivity index (χ4v) is 1.98. The van der Waals surface area contributed by atoms with Gasteiger partial charge in [-0.15, -0.1) is 0 Å². The van der Waals surface area contributed by atoms with E-state index in [1.807, 2.05) is 31.2 Å². The maximum atomic E-state index is 9.59. The van der Waals surface area contributed by atoms with Gasteiger partial charge >= 0.3 is 0 Å². The van der Waals surface area contributed by atoms with Crippen LogP contribution in [0.4, 0.5) is 11.5 Å². The van der Waals surface area contributed by atoms with Crippen LogP contribution in [-0.2, 0) is 0 Å². The van der Waals surface area contributed by atoms with E-state index < -0.39 is 0 Å². The summed E-state index contributed by atoms with van der Waals surface area (Å²) >= 11 is 0. The number of benzene rings is 2. The molecule has 1 aromatic heterocycles. The van der Waals surface area contributed by atoms with E-state index in [4.69, 9.17) is 0 Å². The molecule has 4 nitrogen and oxygen atoms in total. The van der Waals surface area contributed by atoms with Gasteiger partial charge in [-0.1, -0.05) is 18.2 Å². The molecule has 19 heavy (non-hydrogen) atoms. The quantitative estimate of drug-likeness (QED) is 0.733. The van der Waals surface area contributed by atoms with Crippen molar-refractivity contribution < 1.29 is 5.11 Å². The number of nitrogens with zero attached hydrogens (tertiary/aromatic N) is 2. The van der Waals surface area contributed by atoms with Gasteiger partial charge in [0, 0.05) is 11.1 Å². The van der Waals surface area contributed by atoms with Crippen LogP contribution < -0.4 is 5.32 Å². The van der Waals surface area contributed by atoms with Gasteiger partial charge in [-0.2, -0.15) is 0 Å². The lowest BCUT2D eigenvalue weighted by Crippen LogP contribution is -1.97. The number of aromatic hydroxyl groups is 1. The molecular formula is C15H13N3O. The summed E-state index contributed by atoms with van der Waals surface area (Å²) in [5.41, 5.74) is 2.92. The SMILES string of the molecule is Cc1ccccc1Nc1ncnc2ccc(O)cc12. The van der Waals surface area contributed by atoms with E-state index in [-0.39, 0.29) is 5.75 Å². The van der Waals surface area contributed by atoms with Crippen molar-refractivity contribution in [3.8, 4) is 5.75 Å². The highest BCUT2D eigenvalue weighted by atomic mass is 16.3. The average Bonchev–Trinajstić information content (AvgIpc) is 2.42. The molecule has 0 radical (unpaired) electrons. The number of hydrogen-bond donors (Lipinski definition) is 2. The minimum Gasteiger partial charge on any atom is -0.508 e. The minimum absolute atomic E-state index is 0.204. The lowest BCUT2D eigenvalue weighted by Gasteiger charge is -2.10. The Morgan fingerprint density at radius 1 is 1.05 bits per heavy atom. The Labute approximate surface area is 110 Å². The van der Waals surface area contributed by atoms with Gasteiger partial charge in [0.2, 0.25) is 0 Å². The van der Waals surface area contributed by atoms with Crippen molar-refractivity contribution in [3.63, 3.8) is 0 Å². The summed E-state index contributed by atoms with van der Waals surface area (Å²) in [5.74, 6) is 0.894. The third-order valence-electron chi connectivity index (χ3n) is 3.02. The van der Waals surface area contributed by atoms with Crippen LogP contribution in [0.5, 0.6) is 5.75 Å². The molecule has 0 bridgehead atoms. The molecule has 0 aliphatic heterocycles. The second-order valence-electron chi connectivity index (χ2n) is 4.36. The summed E-state index contributed by atoms with van der Waals surface area (Å²) in [4.78, 5) is 8.44. The molecule has 0 spiro atoms. The van der Waals surface area contributed by atoms with E-state index >= 15 is 0 Å². The lowest BCUT2D eigenvalue weighted by atomic mass is 10.2. The van der Waals surface area contributed by atoms with E-state index in [0.717, 1.165) is 22.2 Å². The first kappa shape index (κ1) is 11.5. The van der Waals surface area contributed by atoms with Crippen LogP contribution in [0.25, 0.3) is 10.9 Å². The van der Waals surface area contributed by atoms with Gasteiger partial charge in [-0.25, -0.2) is 9.97 Å². The molecule has 0 saturated heterocycles. The Morgan fingerprint density at radius 2 is 1.89 bits per heavy atom. The first-order chi connectivity index (χ1) is 9.24. The Morgan fingerprint density at radius 3 is 2.74 bits per heavy atom. The fourth-order valence-electron chi connectivity index (χ4n) is 1.98. The van der Waals surface area contributed by atoms with E-state index in [2.05, 4.69) is 15.3 Å². The molecule has 0 saturated carbocycles. The highest BCUT2D eigenvalue weighted by Crippen LogP contribution is 2.27. The van der Waals surface area contributed by atoms with Crippen LogP contribution in [0.3, 0.4) is 0 Å². The van der Waals surface area contributed by atoms with Gasteiger partial charge < -0.3 is 10.4 Å². The monoisotopic (exact) mass is 251 g/mol. The van der Waals surface area contributed by atoms with E-state index in [1.54, 1.807) is 18.2 Å². The number of phenols is 1. The Kier molecular flexibility index (Phi) is 2.76. The second-order valence-corrected chi connectivity index (χ2v) is 4.36. The van der Waals surface area contributed by atoms with Crippen LogP contribution in [0.2, 0.25) is 0 Å². The van der Waals surface area contributed by atoms with E-state index in [9.17, 15) is 5.11 Å². The summed E-state index contributed by atoms with van der Waals surface area (Å²) < 4.78 is 0. The maximum Gasteiger partial charge on any atom is 0.141 e. The van der Waals surface area contributed by atoms with Crippen molar-refractivity contribution in [1.29, 1.82) is 0 Å². The van der Waals surface area contributed by atoms with Crippen molar-refractivity contribution in [2.24, 2.45) is 0 Å². The second kappa shape index (κ2) is 4.57. The molecule has 0 aliphatic rings. The summed E-state index contributed by atoms with van der Waals surface area (Å²) in [7, 11) is 0. The Bertz CT molecular complexity index is 740. The van der Waals surface area contributed by atoms with Gasteiger partial charge in [-0.05, 0) is 36.8 Å². The molecule has 0 unspecified atom stereocenters. The largest absolute Gasteiger partial charge is 0.508 e. The zero-order valence-corrected chi connectivity index (χ0v) is 10.5. The van der Waals surface area contributed by atoms with Crippen LogP contribution in [-0.4, -0.2) is 15.1 Å². The number of aromatic nitrogens is 2. The van der Waals surface area contributed by atoms with Crippen molar-refractivity contribution >= 4 is 22.4 Å². The lowest BCUT2D eigenvalue weighted by molar-refractivity contribution is 0.476. The molecule has 4 heteroatoms. The molecule has 2 aromatic carbocycles. The number of phenolic OH excluding ortho intramolecular Hbond substituents is 1. The average molecular weight is 251 g/mol. The molecule has 0 fully saturated rings. The Balaban J connectivity index is 2.10. The van der Waals surface area contributed by atoms with Crippen LogP contribution in [0.1, 0.15) is 5.56 Å². The normalized spacial score (nSPS) is 10.6. The number of fused-ring (bicyclic) bond motifs is 1. The molecule has 94 valence electrons. The highest BCUT2D eigenvalue weighted by molar-refractivity contribution is 5.91. The summed E-state index contributed by atoms with van der Waals surface area (Å²) in [6, 6.07) is 13.0. The number of aryl methyl sites for hydroxylation is 1. The molecule has 0 atom stereocenters. The smallest absolute Gasteiger partial charge is 0.141 e. The van der Waals surface area contributed by atoms with E-state index in [1.165, 1.54) is 6.33 Å². The van der Waals surface area contributed by atoms with Gasteiger partial charge in [0.25, 0.3) is 0 Å². The van der Waals surface area contributed by atoms with Crippen molar-refractivity contribution in [3.05, 3.63) is 54.4 Å². The summed E-state index contributed by atoms with van der Waals surface area (Å²) in [5, 5.41) is 13.7. The number of hydrogen-bond acceptors (Lipinski definition) is 4. The van der Waals surface area contributed by atoms with E-state index in [0.29, 0.717) is 5.82 Å².